The maximum atomic E-state index is 5.18. The molecule has 0 aliphatic rings. The van der Waals surface area contributed by atoms with Gasteiger partial charge in [0, 0.05) is 53.3 Å². The average molecular weight is 733 g/mol. The van der Waals surface area contributed by atoms with Gasteiger partial charge in [-0.25, -0.2) is 15.0 Å². The van der Waals surface area contributed by atoms with Gasteiger partial charge < -0.3 is 4.57 Å². The first kappa shape index (κ1) is 32.2. The van der Waals surface area contributed by atoms with Crippen LogP contribution in [0.1, 0.15) is 0 Å². The van der Waals surface area contributed by atoms with E-state index >= 15 is 0 Å². The minimum absolute atomic E-state index is 0.631. The Morgan fingerprint density at radius 1 is 0.304 bits per heavy atom. The number of thiophene rings is 1. The number of hydrogen-bond donors (Lipinski definition) is 0. The van der Waals surface area contributed by atoms with Gasteiger partial charge >= 0.3 is 0 Å². The molecule has 8 aromatic carbocycles. The maximum Gasteiger partial charge on any atom is 0.164 e. The fourth-order valence-electron chi connectivity index (χ4n) is 7.96. The van der Waals surface area contributed by atoms with Gasteiger partial charge in [-0.15, -0.1) is 11.3 Å². The third-order valence-electron chi connectivity index (χ3n) is 10.6. The lowest BCUT2D eigenvalue weighted by Gasteiger charge is -2.12. The zero-order valence-electron chi connectivity index (χ0n) is 30.2. The molecule has 0 fully saturated rings. The molecule has 56 heavy (non-hydrogen) atoms. The molecule has 4 nitrogen and oxygen atoms in total. The molecular formula is C51H32N4S. The van der Waals surface area contributed by atoms with Gasteiger partial charge in [-0.2, -0.15) is 0 Å². The van der Waals surface area contributed by atoms with Crippen molar-refractivity contribution in [1.82, 2.24) is 19.5 Å². The average Bonchev–Trinajstić information content (AvgIpc) is 3.82. The van der Waals surface area contributed by atoms with E-state index in [1.54, 1.807) is 11.3 Å². The van der Waals surface area contributed by atoms with Crippen LogP contribution in [0.15, 0.2) is 194 Å². The smallest absolute Gasteiger partial charge is 0.164 e. The lowest BCUT2D eigenvalue weighted by molar-refractivity contribution is 1.07. The highest BCUT2D eigenvalue weighted by atomic mass is 32.1. The number of rotatable bonds is 6. The molecule has 5 heteroatoms. The molecule has 0 radical (unpaired) electrons. The van der Waals surface area contributed by atoms with Crippen LogP contribution in [-0.4, -0.2) is 19.5 Å². The minimum Gasteiger partial charge on any atom is -0.309 e. The summed E-state index contributed by atoms with van der Waals surface area (Å²) in [6, 6.07) is 68.6. The molecule has 0 unspecified atom stereocenters. The molecule has 3 aromatic heterocycles. The number of hydrogen-bond acceptors (Lipinski definition) is 4. The van der Waals surface area contributed by atoms with Crippen LogP contribution in [0.25, 0.3) is 104 Å². The van der Waals surface area contributed by atoms with Crippen molar-refractivity contribution in [2.24, 2.45) is 0 Å². The van der Waals surface area contributed by atoms with Gasteiger partial charge in [-0.1, -0.05) is 146 Å². The summed E-state index contributed by atoms with van der Waals surface area (Å²) in [6.07, 6.45) is 0. The number of fused-ring (bicyclic) bond motifs is 6. The summed E-state index contributed by atoms with van der Waals surface area (Å²) >= 11 is 1.80. The van der Waals surface area contributed by atoms with Crippen molar-refractivity contribution in [3.8, 4) is 62.1 Å². The number of benzene rings is 8. The lowest BCUT2D eigenvalue weighted by Crippen LogP contribution is -2.00. The van der Waals surface area contributed by atoms with Crippen molar-refractivity contribution in [2.45, 2.75) is 0 Å². The molecule has 0 bridgehead atoms. The van der Waals surface area contributed by atoms with Crippen molar-refractivity contribution >= 4 is 53.3 Å². The van der Waals surface area contributed by atoms with E-state index in [0.29, 0.717) is 17.5 Å². The van der Waals surface area contributed by atoms with Gasteiger partial charge in [-0.3, -0.25) is 0 Å². The van der Waals surface area contributed by atoms with Gasteiger partial charge in [0.05, 0.1) is 11.0 Å². The lowest BCUT2D eigenvalue weighted by atomic mass is 10.0. The van der Waals surface area contributed by atoms with Crippen molar-refractivity contribution < 1.29 is 0 Å². The summed E-state index contributed by atoms with van der Waals surface area (Å²) in [7, 11) is 0. The van der Waals surface area contributed by atoms with E-state index in [0.717, 1.165) is 44.6 Å². The molecule has 0 aliphatic carbocycles. The molecule has 11 aromatic rings. The van der Waals surface area contributed by atoms with E-state index in [1.165, 1.54) is 42.0 Å². The van der Waals surface area contributed by atoms with E-state index in [1.807, 2.05) is 6.07 Å². The van der Waals surface area contributed by atoms with Crippen LogP contribution in [0.2, 0.25) is 0 Å². The predicted molar refractivity (Wildman–Crippen MR) is 234 cm³/mol. The molecule has 0 aliphatic heterocycles. The molecule has 0 saturated carbocycles. The fraction of sp³-hybridized carbons (Fsp3) is 0. The number of nitrogens with zero attached hydrogens (tertiary/aromatic N) is 4. The van der Waals surface area contributed by atoms with Crippen LogP contribution >= 0.6 is 11.3 Å². The summed E-state index contributed by atoms with van der Waals surface area (Å²) in [5, 5.41) is 5.01. The van der Waals surface area contributed by atoms with Crippen molar-refractivity contribution in [3.63, 3.8) is 0 Å². The maximum absolute atomic E-state index is 5.18. The van der Waals surface area contributed by atoms with Crippen LogP contribution in [-0.2, 0) is 0 Å². The molecule has 0 saturated heterocycles. The first-order valence-electron chi connectivity index (χ1n) is 18.8. The van der Waals surface area contributed by atoms with Crippen LogP contribution in [0.4, 0.5) is 0 Å². The highest BCUT2D eigenvalue weighted by Crippen LogP contribution is 2.38. The molecule has 0 spiro atoms. The number of para-hydroxylation sites is 2. The third-order valence-corrected chi connectivity index (χ3v) is 11.8. The van der Waals surface area contributed by atoms with Gasteiger partial charge in [0.25, 0.3) is 0 Å². The second kappa shape index (κ2) is 13.3. The molecule has 262 valence electrons. The SMILES string of the molecule is c1ccc(-c2cccc(-c3nc(-c4cccc(-c5cccc(-n6c7ccccc7c7ccccc76)c5)c4)nc(-c4ccc5c(c4)sc4ccccc45)n3)c2)cc1. The third kappa shape index (κ3) is 5.56. The molecular weight excluding hydrogens is 701 g/mol. The van der Waals surface area contributed by atoms with Crippen molar-refractivity contribution in [1.29, 1.82) is 0 Å². The highest BCUT2D eigenvalue weighted by molar-refractivity contribution is 7.25. The van der Waals surface area contributed by atoms with Crippen molar-refractivity contribution in [2.75, 3.05) is 0 Å². The molecule has 0 N–H and O–H groups in total. The monoisotopic (exact) mass is 732 g/mol. The van der Waals surface area contributed by atoms with Crippen LogP contribution in [0.3, 0.4) is 0 Å². The quantitative estimate of drug-likeness (QED) is 0.171. The largest absolute Gasteiger partial charge is 0.309 e. The second-order valence-corrected chi connectivity index (χ2v) is 15.1. The summed E-state index contributed by atoms with van der Waals surface area (Å²) in [4.78, 5) is 15.5. The minimum atomic E-state index is 0.631. The first-order chi connectivity index (χ1) is 27.7. The van der Waals surface area contributed by atoms with Gasteiger partial charge in [-0.05, 0) is 70.8 Å². The van der Waals surface area contributed by atoms with Crippen LogP contribution in [0, 0.1) is 0 Å². The van der Waals surface area contributed by atoms with E-state index < -0.39 is 0 Å². The summed E-state index contributed by atoms with van der Waals surface area (Å²) < 4.78 is 4.84. The summed E-state index contributed by atoms with van der Waals surface area (Å²) in [6.45, 7) is 0. The Hall–Kier alpha value is -7.21. The van der Waals surface area contributed by atoms with E-state index in [9.17, 15) is 0 Å². The Kier molecular flexibility index (Phi) is 7.64. The Labute approximate surface area is 327 Å². The molecule has 11 rings (SSSR count). The van der Waals surface area contributed by atoms with E-state index in [4.69, 9.17) is 15.0 Å². The Balaban J connectivity index is 1.05. The van der Waals surface area contributed by atoms with E-state index in [-0.39, 0.29) is 0 Å². The van der Waals surface area contributed by atoms with Crippen LogP contribution < -0.4 is 0 Å². The van der Waals surface area contributed by atoms with Gasteiger partial charge in [0.1, 0.15) is 0 Å². The molecule has 3 heterocycles. The first-order valence-corrected chi connectivity index (χ1v) is 19.6. The molecule has 0 atom stereocenters. The highest BCUT2D eigenvalue weighted by Gasteiger charge is 2.16. The summed E-state index contributed by atoms with van der Waals surface area (Å²) in [5.74, 6) is 1.91. The van der Waals surface area contributed by atoms with Gasteiger partial charge in [0.15, 0.2) is 17.5 Å². The zero-order chi connectivity index (χ0) is 37.0. The fourth-order valence-corrected chi connectivity index (χ4v) is 9.11. The second-order valence-electron chi connectivity index (χ2n) is 14.1. The number of aromatic nitrogens is 4. The Morgan fingerprint density at radius 2 is 0.768 bits per heavy atom. The zero-order valence-corrected chi connectivity index (χ0v) is 31.0. The Morgan fingerprint density at radius 3 is 1.43 bits per heavy atom. The van der Waals surface area contributed by atoms with Gasteiger partial charge in [0.2, 0.25) is 0 Å². The summed E-state index contributed by atoms with van der Waals surface area (Å²) in [5.41, 5.74) is 10.8. The topological polar surface area (TPSA) is 43.6 Å². The predicted octanol–water partition coefficient (Wildman–Crippen LogP) is 13.7. The van der Waals surface area contributed by atoms with Crippen LogP contribution in [0.5, 0.6) is 0 Å². The Bertz CT molecular complexity index is 3210. The standard InChI is InChI=1S/C51H32N4S/c1-2-13-33(14-3-1)34-15-10-18-37(29-34)49-52-50(54-51(53-49)39-27-28-44-43-23-6-9-26-47(43)56-48(44)32-39)38-19-11-16-35(30-38)36-17-12-20-40(31-36)55-45-24-7-4-21-41(45)42-22-5-8-25-46(42)55/h1-32H. The van der Waals surface area contributed by atoms with E-state index in [2.05, 4.69) is 193 Å². The van der Waals surface area contributed by atoms with Crippen molar-refractivity contribution in [3.05, 3.63) is 194 Å². The normalized spacial score (nSPS) is 11.6. The molecule has 0 amide bonds.